The number of rotatable bonds is 7. The van der Waals surface area contributed by atoms with Gasteiger partial charge in [-0.2, -0.15) is 5.10 Å². The molecule has 0 aliphatic carbocycles. The number of amides is 2. The van der Waals surface area contributed by atoms with E-state index in [1.807, 2.05) is 13.8 Å². The van der Waals surface area contributed by atoms with Crippen molar-refractivity contribution in [1.82, 2.24) is 20.5 Å². The maximum absolute atomic E-state index is 12.2. The molecule has 7 nitrogen and oxygen atoms in total. The van der Waals surface area contributed by atoms with Gasteiger partial charge < -0.3 is 10.6 Å². The van der Waals surface area contributed by atoms with Gasteiger partial charge in [-0.1, -0.05) is 13.3 Å². The number of H-pyrrole nitrogens is 1. The Morgan fingerprint density at radius 3 is 2.61 bits per heavy atom. The second kappa shape index (κ2) is 8.07. The van der Waals surface area contributed by atoms with Crippen LogP contribution in [0.2, 0.25) is 0 Å². The van der Waals surface area contributed by atoms with Gasteiger partial charge in [-0.05, 0) is 37.6 Å². The monoisotopic (exact) mass is 315 g/mol. The highest BCUT2D eigenvalue weighted by Crippen LogP contribution is 2.12. The van der Waals surface area contributed by atoms with E-state index < -0.39 is 0 Å². The summed E-state index contributed by atoms with van der Waals surface area (Å²) < 4.78 is 0. The fourth-order valence-corrected chi connectivity index (χ4v) is 2.04. The average Bonchev–Trinajstić information content (AvgIpc) is 3.08. The molecule has 1 aromatic carbocycles. The molecule has 0 spiro atoms. The quantitative estimate of drug-likeness (QED) is 0.730. The maximum atomic E-state index is 12.2. The van der Waals surface area contributed by atoms with Gasteiger partial charge in [0.2, 0.25) is 5.91 Å². The Morgan fingerprint density at radius 1 is 1.26 bits per heavy atom. The minimum Gasteiger partial charge on any atom is -0.342 e. The average molecular weight is 315 g/mol. The van der Waals surface area contributed by atoms with Gasteiger partial charge in [-0.15, -0.1) is 0 Å². The highest BCUT2D eigenvalue weighted by Gasteiger charge is 2.13. The molecule has 122 valence electrons. The maximum Gasteiger partial charge on any atom is 0.251 e. The van der Waals surface area contributed by atoms with Gasteiger partial charge in [0.15, 0.2) is 0 Å². The first-order valence-corrected chi connectivity index (χ1v) is 7.66. The van der Waals surface area contributed by atoms with Crippen LogP contribution in [0.15, 0.2) is 30.6 Å². The largest absolute Gasteiger partial charge is 0.342 e. The third-order valence-electron chi connectivity index (χ3n) is 3.38. The summed E-state index contributed by atoms with van der Waals surface area (Å²) in [7, 11) is 0. The number of aromatic amines is 1. The smallest absolute Gasteiger partial charge is 0.251 e. The van der Waals surface area contributed by atoms with E-state index in [4.69, 9.17) is 0 Å². The number of nitrogens with one attached hydrogen (secondary N) is 3. The van der Waals surface area contributed by atoms with Crippen molar-refractivity contribution in [2.75, 3.05) is 5.32 Å². The molecule has 0 bridgehead atoms. The Morgan fingerprint density at radius 2 is 2.00 bits per heavy atom. The predicted molar refractivity (Wildman–Crippen MR) is 86.9 cm³/mol. The van der Waals surface area contributed by atoms with Gasteiger partial charge in [0, 0.05) is 17.7 Å². The SMILES string of the molecule is CCCCC(=O)Nc1ccc(C(=O)N[C@H](C)c2ncn[nH]2)cc1. The van der Waals surface area contributed by atoms with Crippen LogP contribution in [0, 0.1) is 0 Å². The van der Waals surface area contributed by atoms with Crippen LogP contribution in [0.3, 0.4) is 0 Å². The standard InChI is InChI=1S/C16H21N5O2/c1-3-4-5-14(22)20-13-8-6-12(7-9-13)16(23)19-11(2)15-17-10-18-21-15/h6-11H,3-5H2,1-2H3,(H,19,23)(H,20,22)(H,17,18,21)/t11-/m1/s1. The summed E-state index contributed by atoms with van der Waals surface area (Å²) in [6, 6.07) is 6.53. The zero-order chi connectivity index (χ0) is 16.7. The third-order valence-corrected chi connectivity index (χ3v) is 3.38. The van der Waals surface area contributed by atoms with E-state index in [1.54, 1.807) is 24.3 Å². The van der Waals surface area contributed by atoms with Crippen molar-refractivity contribution in [3.63, 3.8) is 0 Å². The second-order valence-electron chi connectivity index (χ2n) is 5.29. The minimum atomic E-state index is -0.265. The molecule has 7 heteroatoms. The van der Waals surface area contributed by atoms with E-state index in [9.17, 15) is 9.59 Å². The van der Waals surface area contributed by atoms with Gasteiger partial charge in [0.05, 0.1) is 6.04 Å². The Labute approximate surface area is 134 Å². The molecule has 0 saturated heterocycles. The van der Waals surface area contributed by atoms with Crippen LogP contribution in [0.1, 0.15) is 55.3 Å². The summed E-state index contributed by atoms with van der Waals surface area (Å²) in [6.07, 6.45) is 3.75. The van der Waals surface area contributed by atoms with E-state index in [1.165, 1.54) is 6.33 Å². The first-order chi connectivity index (χ1) is 11.1. The summed E-state index contributed by atoms with van der Waals surface area (Å²) in [6.45, 7) is 3.86. The lowest BCUT2D eigenvalue weighted by atomic mass is 10.1. The molecular weight excluding hydrogens is 294 g/mol. The lowest BCUT2D eigenvalue weighted by molar-refractivity contribution is -0.116. The number of hydrogen-bond donors (Lipinski definition) is 3. The Hall–Kier alpha value is -2.70. The number of aromatic nitrogens is 3. The van der Waals surface area contributed by atoms with Gasteiger partial charge in [-0.25, -0.2) is 4.98 Å². The number of benzene rings is 1. The molecular formula is C16H21N5O2. The molecule has 0 unspecified atom stereocenters. The van der Waals surface area contributed by atoms with Crippen molar-refractivity contribution in [2.24, 2.45) is 0 Å². The predicted octanol–water partition coefficient (Wildman–Crippen LogP) is 2.42. The minimum absolute atomic E-state index is 0.0111. The van der Waals surface area contributed by atoms with Crippen LogP contribution in [0.5, 0.6) is 0 Å². The lowest BCUT2D eigenvalue weighted by Crippen LogP contribution is -2.27. The van der Waals surface area contributed by atoms with Crippen LogP contribution in [0.4, 0.5) is 5.69 Å². The zero-order valence-electron chi connectivity index (χ0n) is 13.3. The molecule has 1 heterocycles. The van der Waals surface area contributed by atoms with Gasteiger partial charge in [0.1, 0.15) is 12.2 Å². The molecule has 0 aliphatic rings. The molecule has 2 rings (SSSR count). The van der Waals surface area contributed by atoms with Crippen LogP contribution < -0.4 is 10.6 Å². The fraction of sp³-hybridized carbons (Fsp3) is 0.375. The van der Waals surface area contributed by atoms with Crippen LogP contribution in [-0.2, 0) is 4.79 Å². The Kier molecular flexibility index (Phi) is 5.85. The lowest BCUT2D eigenvalue weighted by Gasteiger charge is -2.11. The van der Waals surface area contributed by atoms with E-state index in [-0.39, 0.29) is 17.9 Å². The Balaban J connectivity index is 1.91. The molecule has 2 aromatic rings. The molecule has 3 N–H and O–H groups in total. The molecule has 23 heavy (non-hydrogen) atoms. The summed E-state index contributed by atoms with van der Waals surface area (Å²) in [5, 5.41) is 12.1. The van der Waals surface area contributed by atoms with E-state index in [0.717, 1.165) is 12.8 Å². The summed E-state index contributed by atoms with van der Waals surface area (Å²) >= 11 is 0. The highest BCUT2D eigenvalue weighted by atomic mass is 16.2. The van der Waals surface area contributed by atoms with Crippen LogP contribution in [-0.4, -0.2) is 27.0 Å². The number of unbranched alkanes of at least 4 members (excludes halogenated alkanes) is 1. The van der Waals surface area contributed by atoms with E-state index in [0.29, 0.717) is 23.5 Å². The highest BCUT2D eigenvalue weighted by molar-refractivity contribution is 5.95. The molecule has 1 atom stereocenters. The van der Waals surface area contributed by atoms with Crippen LogP contribution in [0.25, 0.3) is 0 Å². The second-order valence-corrected chi connectivity index (χ2v) is 5.29. The number of carbonyl (C=O) groups is 2. The van der Waals surface area contributed by atoms with E-state index >= 15 is 0 Å². The zero-order valence-corrected chi connectivity index (χ0v) is 13.3. The van der Waals surface area contributed by atoms with Crippen molar-refractivity contribution in [3.05, 3.63) is 42.0 Å². The molecule has 0 saturated carbocycles. The number of nitrogens with zero attached hydrogens (tertiary/aromatic N) is 2. The Bertz CT molecular complexity index is 637. The number of hydrogen-bond acceptors (Lipinski definition) is 4. The van der Waals surface area contributed by atoms with Gasteiger partial charge >= 0.3 is 0 Å². The first-order valence-electron chi connectivity index (χ1n) is 7.66. The summed E-state index contributed by atoms with van der Waals surface area (Å²) in [5.74, 6) is 0.374. The van der Waals surface area contributed by atoms with Crippen molar-refractivity contribution in [1.29, 1.82) is 0 Å². The fourth-order valence-electron chi connectivity index (χ4n) is 2.04. The van der Waals surface area contributed by atoms with E-state index in [2.05, 4.69) is 25.8 Å². The normalized spacial score (nSPS) is 11.7. The van der Waals surface area contributed by atoms with Crippen molar-refractivity contribution in [3.8, 4) is 0 Å². The first kappa shape index (κ1) is 16.7. The van der Waals surface area contributed by atoms with Crippen molar-refractivity contribution >= 4 is 17.5 Å². The molecule has 1 aromatic heterocycles. The van der Waals surface area contributed by atoms with Gasteiger partial charge in [-0.3, -0.25) is 14.7 Å². The molecule has 2 amide bonds. The molecule has 0 radical (unpaired) electrons. The summed E-state index contributed by atoms with van der Waals surface area (Å²) in [5.41, 5.74) is 1.20. The summed E-state index contributed by atoms with van der Waals surface area (Å²) in [4.78, 5) is 27.8. The van der Waals surface area contributed by atoms with Crippen molar-refractivity contribution in [2.45, 2.75) is 39.2 Å². The third kappa shape index (κ3) is 4.91. The number of carbonyl (C=O) groups excluding carboxylic acids is 2. The van der Waals surface area contributed by atoms with Crippen molar-refractivity contribution < 1.29 is 9.59 Å². The number of anilines is 1. The molecule has 0 fully saturated rings. The van der Waals surface area contributed by atoms with Gasteiger partial charge in [0.25, 0.3) is 5.91 Å². The van der Waals surface area contributed by atoms with Crippen LogP contribution >= 0.6 is 0 Å². The topological polar surface area (TPSA) is 99.8 Å². The molecule has 0 aliphatic heterocycles.